The van der Waals surface area contributed by atoms with E-state index in [1.807, 2.05) is 4.90 Å². The van der Waals surface area contributed by atoms with Crippen molar-refractivity contribution < 1.29 is 4.79 Å². The molecule has 1 aromatic heterocycles. The van der Waals surface area contributed by atoms with Gasteiger partial charge in [-0.15, -0.1) is 5.10 Å². The maximum absolute atomic E-state index is 12.1. The van der Waals surface area contributed by atoms with E-state index in [-0.39, 0.29) is 5.91 Å². The van der Waals surface area contributed by atoms with E-state index in [0.717, 1.165) is 26.1 Å². The van der Waals surface area contributed by atoms with Crippen molar-refractivity contribution in [2.24, 2.45) is 5.92 Å². The maximum Gasteiger partial charge on any atom is 0.224 e. The average molecular weight is 235 g/mol. The van der Waals surface area contributed by atoms with Crippen LogP contribution in [0.2, 0.25) is 0 Å². The highest BCUT2D eigenvalue weighted by Crippen LogP contribution is 2.27. The molecule has 2 saturated heterocycles. The first-order valence-electron chi connectivity index (χ1n) is 6.19. The molecule has 17 heavy (non-hydrogen) atoms. The Morgan fingerprint density at radius 1 is 1.47 bits per heavy atom. The second kappa shape index (κ2) is 4.44. The molecule has 1 aromatic rings. The predicted molar refractivity (Wildman–Crippen MR) is 61.1 cm³/mol. The lowest BCUT2D eigenvalue weighted by molar-refractivity contribution is -0.132. The average Bonchev–Trinajstić information content (AvgIpc) is 3.02. The number of likely N-dealkylation sites (tertiary alicyclic amines) is 1. The van der Waals surface area contributed by atoms with Gasteiger partial charge in [-0.05, 0) is 12.3 Å². The Balaban J connectivity index is 1.55. The summed E-state index contributed by atoms with van der Waals surface area (Å²) >= 11 is 0. The first-order chi connectivity index (χ1) is 8.34. The van der Waals surface area contributed by atoms with Gasteiger partial charge in [-0.2, -0.15) is 0 Å². The van der Waals surface area contributed by atoms with Gasteiger partial charge in [-0.3, -0.25) is 9.48 Å². The zero-order valence-electron chi connectivity index (χ0n) is 9.75. The second-order valence-electron chi connectivity index (χ2n) is 4.78. The van der Waals surface area contributed by atoms with Gasteiger partial charge < -0.3 is 10.2 Å². The van der Waals surface area contributed by atoms with Crippen molar-refractivity contribution in [3.05, 3.63) is 12.4 Å². The lowest BCUT2D eigenvalue weighted by atomic mass is 10.1. The lowest BCUT2D eigenvalue weighted by Crippen LogP contribution is -2.39. The van der Waals surface area contributed by atoms with Crippen molar-refractivity contribution in [1.29, 1.82) is 0 Å². The topological polar surface area (TPSA) is 63.1 Å². The molecule has 0 aliphatic carbocycles. The third kappa shape index (κ3) is 2.04. The smallest absolute Gasteiger partial charge is 0.224 e. The van der Waals surface area contributed by atoms with Gasteiger partial charge in [0.2, 0.25) is 5.91 Å². The number of carbonyl (C=O) groups is 1. The Morgan fingerprint density at radius 3 is 3.24 bits per heavy atom. The Labute approximate surface area is 100.0 Å². The van der Waals surface area contributed by atoms with Crippen molar-refractivity contribution in [2.75, 3.05) is 19.6 Å². The minimum absolute atomic E-state index is 0.247. The Bertz CT molecular complexity index is 391. The summed E-state index contributed by atoms with van der Waals surface area (Å²) in [4.78, 5) is 14.2. The zero-order chi connectivity index (χ0) is 11.7. The SMILES string of the molecule is O=C(CCn1ccnn1)N1CC[C@H]2CNC[C@H]21. The van der Waals surface area contributed by atoms with E-state index in [1.165, 1.54) is 0 Å². The number of aryl methyl sites for hydroxylation is 1. The molecular formula is C11H17N5O. The van der Waals surface area contributed by atoms with Crippen LogP contribution in [0.3, 0.4) is 0 Å². The highest BCUT2D eigenvalue weighted by Gasteiger charge is 2.39. The number of nitrogens with one attached hydrogen (secondary N) is 1. The normalized spacial score (nSPS) is 27.4. The summed E-state index contributed by atoms with van der Waals surface area (Å²) in [6, 6.07) is 0.429. The molecule has 6 heteroatoms. The van der Waals surface area contributed by atoms with Gasteiger partial charge in [0.1, 0.15) is 0 Å². The van der Waals surface area contributed by atoms with Crippen LogP contribution in [0.4, 0.5) is 0 Å². The van der Waals surface area contributed by atoms with Crippen LogP contribution in [0.15, 0.2) is 12.4 Å². The summed E-state index contributed by atoms with van der Waals surface area (Å²) in [6.45, 7) is 3.57. The van der Waals surface area contributed by atoms with Crippen LogP contribution in [0, 0.1) is 5.92 Å². The van der Waals surface area contributed by atoms with Gasteiger partial charge in [-0.25, -0.2) is 0 Å². The molecule has 0 spiro atoms. The van der Waals surface area contributed by atoms with E-state index in [1.54, 1.807) is 17.1 Å². The number of fused-ring (bicyclic) bond motifs is 1. The number of nitrogens with zero attached hydrogens (tertiary/aromatic N) is 4. The fourth-order valence-electron chi connectivity index (χ4n) is 2.86. The monoisotopic (exact) mass is 235 g/mol. The third-order valence-electron chi connectivity index (χ3n) is 3.79. The molecule has 2 aliphatic heterocycles. The number of hydrogen-bond donors (Lipinski definition) is 1. The van der Waals surface area contributed by atoms with E-state index >= 15 is 0 Å². The van der Waals surface area contributed by atoms with Crippen LogP contribution in [0.25, 0.3) is 0 Å². The summed E-state index contributed by atoms with van der Waals surface area (Å²) in [5, 5.41) is 11.0. The number of amides is 1. The third-order valence-corrected chi connectivity index (χ3v) is 3.79. The Morgan fingerprint density at radius 2 is 2.41 bits per heavy atom. The summed E-state index contributed by atoms with van der Waals surface area (Å²) < 4.78 is 1.71. The van der Waals surface area contributed by atoms with Crippen LogP contribution in [-0.2, 0) is 11.3 Å². The maximum atomic E-state index is 12.1. The van der Waals surface area contributed by atoms with Crippen molar-refractivity contribution in [3.8, 4) is 0 Å². The molecule has 0 saturated carbocycles. The molecule has 3 heterocycles. The van der Waals surface area contributed by atoms with E-state index in [2.05, 4.69) is 15.6 Å². The van der Waals surface area contributed by atoms with Gasteiger partial charge in [-0.1, -0.05) is 5.21 Å². The number of carbonyl (C=O) groups excluding carboxylic acids is 1. The summed E-state index contributed by atoms with van der Waals surface area (Å²) in [5.74, 6) is 0.919. The highest BCUT2D eigenvalue weighted by atomic mass is 16.2. The van der Waals surface area contributed by atoms with Gasteiger partial charge in [0, 0.05) is 38.3 Å². The minimum atomic E-state index is 0.247. The standard InChI is InChI=1S/C11H17N5O/c17-11(2-4-15-6-3-13-14-15)16-5-1-9-7-12-8-10(9)16/h3,6,9-10,12H,1-2,4-5,7-8H2/t9-,10+/m0/s1. The van der Waals surface area contributed by atoms with Crippen molar-refractivity contribution in [1.82, 2.24) is 25.2 Å². The number of aromatic nitrogens is 3. The van der Waals surface area contributed by atoms with Gasteiger partial charge >= 0.3 is 0 Å². The summed E-state index contributed by atoms with van der Waals surface area (Å²) in [7, 11) is 0. The summed E-state index contributed by atoms with van der Waals surface area (Å²) in [6.07, 6.45) is 5.09. The van der Waals surface area contributed by atoms with E-state index in [9.17, 15) is 4.79 Å². The molecule has 0 unspecified atom stereocenters. The van der Waals surface area contributed by atoms with Crippen LogP contribution in [0.1, 0.15) is 12.8 Å². The molecule has 92 valence electrons. The molecule has 3 rings (SSSR count). The largest absolute Gasteiger partial charge is 0.338 e. The fraction of sp³-hybridized carbons (Fsp3) is 0.727. The Hall–Kier alpha value is -1.43. The van der Waals surface area contributed by atoms with Crippen LogP contribution in [0.5, 0.6) is 0 Å². The van der Waals surface area contributed by atoms with Crippen LogP contribution >= 0.6 is 0 Å². The molecule has 0 radical (unpaired) electrons. The molecule has 2 fully saturated rings. The van der Waals surface area contributed by atoms with Crippen molar-refractivity contribution in [3.63, 3.8) is 0 Å². The van der Waals surface area contributed by atoms with E-state index in [0.29, 0.717) is 24.9 Å². The number of hydrogen-bond acceptors (Lipinski definition) is 4. The first-order valence-corrected chi connectivity index (χ1v) is 6.19. The molecule has 2 atom stereocenters. The quantitative estimate of drug-likeness (QED) is 0.766. The minimum Gasteiger partial charge on any atom is -0.338 e. The van der Waals surface area contributed by atoms with Gasteiger partial charge in [0.05, 0.1) is 12.7 Å². The predicted octanol–water partition coefficient (Wildman–Crippen LogP) is -0.511. The first kappa shape index (κ1) is 10.7. The molecule has 1 N–H and O–H groups in total. The highest BCUT2D eigenvalue weighted by molar-refractivity contribution is 5.77. The zero-order valence-corrected chi connectivity index (χ0v) is 9.75. The van der Waals surface area contributed by atoms with Gasteiger partial charge in [0.25, 0.3) is 0 Å². The molecular weight excluding hydrogens is 218 g/mol. The molecule has 2 aliphatic rings. The molecule has 0 bridgehead atoms. The lowest BCUT2D eigenvalue weighted by Gasteiger charge is -2.23. The van der Waals surface area contributed by atoms with E-state index in [4.69, 9.17) is 0 Å². The van der Waals surface area contributed by atoms with Crippen molar-refractivity contribution in [2.45, 2.75) is 25.4 Å². The van der Waals surface area contributed by atoms with Gasteiger partial charge in [0.15, 0.2) is 0 Å². The van der Waals surface area contributed by atoms with Crippen LogP contribution in [-0.4, -0.2) is 51.5 Å². The van der Waals surface area contributed by atoms with E-state index < -0.39 is 0 Å². The summed E-state index contributed by atoms with van der Waals surface area (Å²) in [5.41, 5.74) is 0. The Kier molecular flexibility index (Phi) is 2.80. The number of rotatable bonds is 3. The molecule has 1 amide bonds. The van der Waals surface area contributed by atoms with Crippen molar-refractivity contribution >= 4 is 5.91 Å². The van der Waals surface area contributed by atoms with Crippen LogP contribution < -0.4 is 5.32 Å². The fourth-order valence-corrected chi connectivity index (χ4v) is 2.86. The second-order valence-corrected chi connectivity index (χ2v) is 4.78. The molecule has 0 aromatic carbocycles. The molecule has 6 nitrogen and oxygen atoms in total.